The van der Waals surface area contributed by atoms with E-state index >= 15 is 0 Å². The summed E-state index contributed by atoms with van der Waals surface area (Å²) in [6.45, 7) is 5.63. The van der Waals surface area contributed by atoms with Crippen LogP contribution in [0.1, 0.15) is 39.5 Å². The molecule has 33 heavy (non-hydrogen) atoms. The van der Waals surface area contributed by atoms with Crippen molar-refractivity contribution in [1.82, 2.24) is 15.2 Å². The Balaban J connectivity index is 1.52. The second-order valence-electron chi connectivity index (χ2n) is 7.89. The molecule has 5 nitrogen and oxygen atoms in total. The molecule has 2 heterocycles. The Labute approximate surface area is 194 Å². The second kappa shape index (κ2) is 10.0. The highest BCUT2D eigenvalue weighted by Gasteiger charge is 2.40. The molecule has 0 bridgehead atoms. The minimum atomic E-state index is -4.72. The number of halogens is 3. The number of amides is 1. The number of hydrogen-bond acceptors (Lipinski definition) is 5. The molecule has 1 fully saturated rings. The van der Waals surface area contributed by atoms with Crippen LogP contribution in [0, 0.1) is 0 Å². The Morgan fingerprint density at radius 1 is 1.15 bits per heavy atom. The number of ether oxygens (including phenoxy) is 1. The highest BCUT2D eigenvalue weighted by molar-refractivity contribution is 7.17. The summed E-state index contributed by atoms with van der Waals surface area (Å²) < 4.78 is 46.2. The molecule has 4 rings (SSSR count). The van der Waals surface area contributed by atoms with Gasteiger partial charge in [-0.1, -0.05) is 54.6 Å². The molecule has 1 aliphatic heterocycles. The lowest BCUT2D eigenvalue weighted by atomic mass is 10.0. The molecule has 0 radical (unpaired) electrons. The van der Waals surface area contributed by atoms with E-state index in [0.717, 1.165) is 42.1 Å². The first kappa shape index (κ1) is 23.4. The van der Waals surface area contributed by atoms with E-state index in [4.69, 9.17) is 4.74 Å². The van der Waals surface area contributed by atoms with Gasteiger partial charge in [0.2, 0.25) is 0 Å². The molecule has 0 saturated carbocycles. The largest absolute Gasteiger partial charge is 0.435 e. The number of carbonyl (C=O) groups excluding carboxylic acids is 1. The standard InChI is InChI=1S/C24H24F3N3O2S/c1-16(19-9-5-6-17(14-19)15-30-10-12-32-13-11-30)28-22(31)20-21(24(25,26)27)29-23(33-20)18-7-3-2-4-8-18/h2-9,14,16H,10-13,15H2,1H3,(H,28,31). The zero-order valence-corrected chi connectivity index (χ0v) is 18.9. The quantitative estimate of drug-likeness (QED) is 0.536. The topological polar surface area (TPSA) is 54.5 Å². The fourth-order valence-electron chi connectivity index (χ4n) is 3.69. The van der Waals surface area contributed by atoms with Crippen LogP contribution in [-0.2, 0) is 17.5 Å². The molecule has 1 amide bonds. The van der Waals surface area contributed by atoms with Crippen LogP contribution >= 0.6 is 11.3 Å². The number of hydrogen-bond donors (Lipinski definition) is 1. The summed E-state index contributed by atoms with van der Waals surface area (Å²) in [5.74, 6) is -0.784. The SMILES string of the molecule is CC(NC(=O)c1sc(-c2ccccc2)nc1C(F)(F)F)c1cccc(CN2CCOCC2)c1. The van der Waals surface area contributed by atoms with E-state index in [9.17, 15) is 18.0 Å². The minimum absolute atomic E-state index is 0.160. The number of thiazole rings is 1. The van der Waals surface area contributed by atoms with Gasteiger partial charge in [-0.05, 0) is 18.1 Å². The first-order valence-corrected chi connectivity index (χ1v) is 11.5. The van der Waals surface area contributed by atoms with E-state index in [2.05, 4.69) is 15.2 Å². The minimum Gasteiger partial charge on any atom is -0.379 e. The van der Waals surface area contributed by atoms with Gasteiger partial charge in [-0.3, -0.25) is 9.69 Å². The highest BCUT2D eigenvalue weighted by atomic mass is 32.1. The monoisotopic (exact) mass is 475 g/mol. The Bertz CT molecular complexity index is 1100. The molecular weight excluding hydrogens is 451 g/mol. The van der Waals surface area contributed by atoms with Crippen LogP contribution in [-0.4, -0.2) is 42.1 Å². The number of nitrogens with zero attached hydrogens (tertiary/aromatic N) is 2. The maximum atomic E-state index is 13.6. The zero-order chi connectivity index (χ0) is 23.4. The molecule has 1 unspecified atom stereocenters. The maximum absolute atomic E-state index is 13.6. The number of aromatic nitrogens is 1. The van der Waals surface area contributed by atoms with E-state index in [1.54, 1.807) is 37.3 Å². The van der Waals surface area contributed by atoms with Crippen molar-refractivity contribution in [3.8, 4) is 10.6 Å². The highest BCUT2D eigenvalue weighted by Crippen LogP contribution is 2.38. The van der Waals surface area contributed by atoms with E-state index in [0.29, 0.717) is 18.8 Å². The smallest absolute Gasteiger partial charge is 0.379 e. The number of rotatable bonds is 6. The second-order valence-corrected chi connectivity index (χ2v) is 8.89. The Morgan fingerprint density at radius 3 is 2.58 bits per heavy atom. The average molecular weight is 476 g/mol. The number of alkyl halides is 3. The van der Waals surface area contributed by atoms with Crippen molar-refractivity contribution in [3.63, 3.8) is 0 Å². The summed E-state index contributed by atoms with van der Waals surface area (Å²) in [4.78, 5) is 18.5. The molecule has 1 atom stereocenters. The molecule has 1 aliphatic rings. The summed E-state index contributed by atoms with van der Waals surface area (Å²) in [6, 6.07) is 15.8. The van der Waals surface area contributed by atoms with Crippen molar-refractivity contribution in [2.45, 2.75) is 25.7 Å². The third-order valence-electron chi connectivity index (χ3n) is 5.43. The van der Waals surface area contributed by atoms with Crippen molar-refractivity contribution < 1.29 is 22.7 Å². The number of morpholine rings is 1. The van der Waals surface area contributed by atoms with E-state index < -0.39 is 28.7 Å². The van der Waals surface area contributed by atoms with Crippen LogP contribution in [0.25, 0.3) is 10.6 Å². The maximum Gasteiger partial charge on any atom is 0.435 e. The molecule has 1 aromatic heterocycles. The third kappa shape index (κ3) is 5.79. The number of carbonyl (C=O) groups is 1. The number of nitrogens with one attached hydrogen (secondary N) is 1. The summed E-state index contributed by atoms with van der Waals surface area (Å²) in [5, 5.41) is 2.88. The lowest BCUT2D eigenvalue weighted by Crippen LogP contribution is -2.35. The molecule has 174 valence electrons. The van der Waals surface area contributed by atoms with Crippen molar-refractivity contribution >= 4 is 17.2 Å². The predicted octanol–water partition coefficient (Wildman–Crippen LogP) is 5.15. The molecule has 9 heteroatoms. The number of benzene rings is 2. The fraction of sp³-hybridized carbons (Fsp3) is 0.333. The van der Waals surface area contributed by atoms with Gasteiger partial charge < -0.3 is 10.1 Å². The van der Waals surface area contributed by atoms with Gasteiger partial charge in [0.25, 0.3) is 5.91 Å². The molecule has 0 spiro atoms. The molecule has 1 saturated heterocycles. The normalized spacial score (nSPS) is 15.9. The van der Waals surface area contributed by atoms with Crippen LogP contribution in [0.4, 0.5) is 13.2 Å². The van der Waals surface area contributed by atoms with Crippen LogP contribution in [0.2, 0.25) is 0 Å². The van der Waals surface area contributed by atoms with Crippen molar-refractivity contribution in [1.29, 1.82) is 0 Å². The summed E-state index contributed by atoms with van der Waals surface area (Å²) in [6.07, 6.45) is -4.72. The average Bonchev–Trinajstić information content (AvgIpc) is 3.27. The summed E-state index contributed by atoms with van der Waals surface area (Å²) in [7, 11) is 0. The fourth-order valence-corrected chi connectivity index (χ4v) is 4.69. The van der Waals surface area contributed by atoms with E-state index in [-0.39, 0.29) is 5.01 Å². The molecule has 3 aromatic rings. The third-order valence-corrected chi connectivity index (χ3v) is 6.53. The molecular formula is C24H24F3N3O2S. The lowest BCUT2D eigenvalue weighted by molar-refractivity contribution is -0.141. The van der Waals surface area contributed by atoms with Crippen LogP contribution in [0.3, 0.4) is 0 Å². The Hall–Kier alpha value is -2.75. The van der Waals surface area contributed by atoms with Gasteiger partial charge in [-0.25, -0.2) is 4.98 Å². The van der Waals surface area contributed by atoms with Crippen LogP contribution < -0.4 is 5.32 Å². The van der Waals surface area contributed by atoms with Crippen molar-refractivity contribution in [2.75, 3.05) is 26.3 Å². The summed E-state index contributed by atoms with van der Waals surface area (Å²) >= 11 is 0.750. The summed E-state index contributed by atoms with van der Waals surface area (Å²) in [5.41, 5.74) is 1.29. The van der Waals surface area contributed by atoms with Gasteiger partial charge in [0, 0.05) is 25.2 Å². The molecule has 1 N–H and O–H groups in total. The first-order chi connectivity index (χ1) is 15.8. The van der Waals surface area contributed by atoms with Gasteiger partial charge in [0.05, 0.1) is 19.3 Å². The predicted molar refractivity (Wildman–Crippen MR) is 121 cm³/mol. The lowest BCUT2D eigenvalue weighted by Gasteiger charge is -2.27. The van der Waals surface area contributed by atoms with Crippen molar-refractivity contribution in [3.05, 3.63) is 76.3 Å². The Kier molecular flexibility index (Phi) is 7.11. The zero-order valence-electron chi connectivity index (χ0n) is 18.1. The van der Waals surface area contributed by atoms with Gasteiger partial charge in [0.15, 0.2) is 5.69 Å². The van der Waals surface area contributed by atoms with Gasteiger partial charge in [-0.15, -0.1) is 11.3 Å². The van der Waals surface area contributed by atoms with E-state index in [1.165, 1.54) is 0 Å². The molecule has 2 aromatic carbocycles. The van der Waals surface area contributed by atoms with Crippen molar-refractivity contribution in [2.24, 2.45) is 0 Å². The van der Waals surface area contributed by atoms with Gasteiger partial charge in [0.1, 0.15) is 9.88 Å². The van der Waals surface area contributed by atoms with E-state index in [1.807, 2.05) is 24.3 Å². The van der Waals surface area contributed by atoms with Gasteiger partial charge in [-0.2, -0.15) is 13.2 Å². The van der Waals surface area contributed by atoms with Gasteiger partial charge >= 0.3 is 6.18 Å². The Morgan fingerprint density at radius 2 is 1.88 bits per heavy atom. The van der Waals surface area contributed by atoms with Crippen LogP contribution in [0.15, 0.2) is 54.6 Å². The molecule has 0 aliphatic carbocycles. The van der Waals surface area contributed by atoms with Crippen LogP contribution in [0.5, 0.6) is 0 Å². The first-order valence-electron chi connectivity index (χ1n) is 10.6.